The number of piperidine rings is 1. The summed E-state index contributed by atoms with van der Waals surface area (Å²) in [4.78, 5) is 31.1. The molecule has 8 heteroatoms. The number of thiophene rings is 1. The first-order valence-corrected chi connectivity index (χ1v) is 12.0. The summed E-state index contributed by atoms with van der Waals surface area (Å²) >= 11 is 1.58. The normalized spacial score (nSPS) is 18.3. The van der Waals surface area contributed by atoms with Crippen LogP contribution in [0.25, 0.3) is 10.9 Å². The summed E-state index contributed by atoms with van der Waals surface area (Å²) in [5, 5.41) is 14.1. The number of methoxy groups -OCH3 is 1. The van der Waals surface area contributed by atoms with Crippen molar-refractivity contribution in [3.8, 4) is 17.6 Å². The number of nitrogens with zero attached hydrogens (tertiary/aromatic N) is 2. The highest BCUT2D eigenvalue weighted by molar-refractivity contribution is 7.08. The van der Waals surface area contributed by atoms with Crippen LogP contribution in [0.15, 0.2) is 41.2 Å². The molecule has 0 bridgehead atoms. The molecule has 3 aromatic rings. The lowest BCUT2D eigenvalue weighted by molar-refractivity contribution is -0.146. The van der Waals surface area contributed by atoms with Crippen LogP contribution in [-0.4, -0.2) is 53.5 Å². The minimum absolute atomic E-state index is 0.0167. The van der Waals surface area contributed by atoms with E-state index < -0.39 is 17.7 Å². The zero-order valence-electron chi connectivity index (χ0n) is 18.8. The minimum Gasteiger partial charge on any atom is -0.497 e. The Morgan fingerprint density at radius 1 is 1.35 bits per heavy atom. The van der Waals surface area contributed by atoms with Crippen molar-refractivity contribution in [3.63, 3.8) is 0 Å². The molecule has 0 unspecified atom stereocenters. The molecule has 1 N–H and O–H groups in total. The Balaban J connectivity index is 1.42. The van der Waals surface area contributed by atoms with Crippen LogP contribution in [0, 0.1) is 29.5 Å². The molecule has 1 aliphatic heterocycles. The number of benzene rings is 1. The van der Waals surface area contributed by atoms with Crippen molar-refractivity contribution in [2.45, 2.75) is 19.3 Å². The molecule has 0 aliphatic carbocycles. The van der Waals surface area contributed by atoms with Gasteiger partial charge in [0.1, 0.15) is 5.75 Å². The van der Waals surface area contributed by atoms with Crippen molar-refractivity contribution in [2.75, 3.05) is 26.7 Å². The number of hydrogen-bond donors (Lipinski definition) is 1. The van der Waals surface area contributed by atoms with Crippen molar-refractivity contribution in [2.24, 2.45) is 11.8 Å². The van der Waals surface area contributed by atoms with Gasteiger partial charge < -0.3 is 9.84 Å². The number of aromatic nitrogens is 1. The highest BCUT2D eigenvalue weighted by Crippen LogP contribution is 2.30. The molecule has 0 radical (unpaired) electrons. The highest BCUT2D eigenvalue weighted by atomic mass is 32.1. The number of rotatable bonds is 7. The summed E-state index contributed by atoms with van der Waals surface area (Å²) in [6.07, 6.45) is 2.16. The van der Waals surface area contributed by atoms with E-state index in [1.807, 2.05) is 21.7 Å². The van der Waals surface area contributed by atoms with E-state index >= 15 is 0 Å². The number of carboxylic acids is 1. The standard InChI is InChI=1S/C26H25FN2O4S/c1-33-19-5-6-23-20(13-19)25(22(27)14-28-23)24(30)7-4-18-8-11-29(15-21(18)26(31)32)10-2-3-17-9-12-34-16-17/h5-6,9,12-14,16,18,21H,4,7-8,10-11,15H2,1H3,(H,31,32)/t18-,21+/m0/s1. The maximum atomic E-state index is 14.6. The Labute approximate surface area is 201 Å². The minimum atomic E-state index is -0.877. The molecule has 6 nitrogen and oxygen atoms in total. The molecular weight excluding hydrogens is 455 g/mol. The maximum Gasteiger partial charge on any atom is 0.308 e. The average molecular weight is 481 g/mol. The van der Waals surface area contributed by atoms with Crippen LogP contribution < -0.4 is 4.74 Å². The Morgan fingerprint density at radius 3 is 2.94 bits per heavy atom. The number of aliphatic carboxylic acids is 1. The number of hydrogen-bond acceptors (Lipinski definition) is 6. The quantitative estimate of drug-likeness (QED) is 0.397. The van der Waals surface area contributed by atoms with Gasteiger partial charge in [-0.3, -0.25) is 19.5 Å². The zero-order valence-corrected chi connectivity index (χ0v) is 19.6. The summed E-state index contributed by atoms with van der Waals surface area (Å²) < 4.78 is 19.8. The summed E-state index contributed by atoms with van der Waals surface area (Å²) in [7, 11) is 1.50. The molecule has 2 aromatic heterocycles. The lowest BCUT2D eigenvalue weighted by atomic mass is 9.81. The number of carboxylic acid groups (broad SMARTS) is 1. The van der Waals surface area contributed by atoms with Crippen molar-refractivity contribution in [3.05, 3.63) is 58.2 Å². The summed E-state index contributed by atoms with van der Waals surface area (Å²) in [5.41, 5.74) is 1.45. The predicted molar refractivity (Wildman–Crippen MR) is 129 cm³/mol. The molecule has 3 heterocycles. The summed E-state index contributed by atoms with van der Waals surface area (Å²) in [6.45, 7) is 1.60. The molecule has 2 atom stereocenters. The number of fused-ring (bicyclic) bond motifs is 1. The topological polar surface area (TPSA) is 79.7 Å². The number of Topliss-reactive ketones (excluding diaryl/α,β-unsaturated/α-hetero) is 1. The number of ketones is 1. The lowest BCUT2D eigenvalue weighted by Crippen LogP contribution is -2.44. The van der Waals surface area contributed by atoms with Crippen molar-refractivity contribution in [1.82, 2.24) is 9.88 Å². The Morgan fingerprint density at radius 2 is 2.21 bits per heavy atom. The van der Waals surface area contributed by atoms with Gasteiger partial charge in [0.25, 0.3) is 0 Å². The highest BCUT2D eigenvalue weighted by Gasteiger charge is 2.34. The Hall–Kier alpha value is -3.28. The lowest BCUT2D eigenvalue weighted by Gasteiger charge is -2.35. The molecule has 1 saturated heterocycles. The molecular formula is C26H25FN2O4S. The number of likely N-dealkylation sites (tertiary alicyclic amines) is 1. The van der Waals surface area contributed by atoms with Crippen molar-refractivity contribution in [1.29, 1.82) is 0 Å². The van der Waals surface area contributed by atoms with Crippen molar-refractivity contribution >= 4 is 34.0 Å². The van der Waals surface area contributed by atoms with Crippen LogP contribution in [0.4, 0.5) is 4.39 Å². The first-order valence-electron chi connectivity index (χ1n) is 11.1. The Bertz CT molecular complexity index is 1250. The smallest absolute Gasteiger partial charge is 0.308 e. The van der Waals surface area contributed by atoms with E-state index in [2.05, 4.69) is 16.8 Å². The fourth-order valence-electron chi connectivity index (χ4n) is 4.43. The summed E-state index contributed by atoms with van der Waals surface area (Å²) in [6, 6.07) is 6.94. The van der Waals surface area contributed by atoms with Gasteiger partial charge >= 0.3 is 5.97 Å². The zero-order chi connectivity index (χ0) is 24.1. The second-order valence-corrected chi connectivity index (χ2v) is 9.15. The van der Waals surface area contributed by atoms with Gasteiger partial charge in [0.15, 0.2) is 11.6 Å². The SMILES string of the molecule is COc1ccc2ncc(F)c(C(=O)CC[C@H]3CCN(CC#Cc4ccsc4)C[C@H]3C(=O)O)c2c1. The average Bonchev–Trinajstić information content (AvgIpc) is 3.36. The maximum absolute atomic E-state index is 14.6. The molecule has 1 aliphatic rings. The Kier molecular flexibility index (Phi) is 7.56. The van der Waals surface area contributed by atoms with E-state index in [-0.39, 0.29) is 23.7 Å². The predicted octanol–water partition coefficient (Wildman–Crippen LogP) is 4.48. The van der Waals surface area contributed by atoms with Gasteiger partial charge in [0, 0.05) is 29.3 Å². The molecule has 1 fully saturated rings. The molecule has 34 heavy (non-hydrogen) atoms. The van der Waals surface area contributed by atoms with Crippen LogP contribution in [0.3, 0.4) is 0 Å². The van der Waals surface area contributed by atoms with E-state index in [1.54, 1.807) is 29.5 Å². The van der Waals surface area contributed by atoms with Gasteiger partial charge in [-0.15, -0.1) is 0 Å². The van der Waals surface area contributed by atoms with Gasteiger partial charge in [-0.25, -0.2) is 4.39 Å². The fraction of sp³-hybridized carbons (Fsp3) is 0.346. The molecule has 0 spiro atoms. The molecule has 0 saturated carbocycles. The third-order valence-corrected chi connectivity index (χ3v) is 6.95. The van der Waals surface area contributed by atoms with E-state index in [0.29, 0.717) is 49.1 Å². The summed E-state index contributed by atoms with van der Waals surface area (Å²) in [5.74, 6) is 4.05. The fourth-order valence-corrected chi connectivity index (χ4v) is 5.01. The number of carbonyl (C=O) groups excluding carboxylic acids is 1. The number of carbonyl (C=O) groups is 2. The van der Waals surface area contributed by atoms with Crippen LogP contribution in [0.1, 0.15) is 35.2 Å². The first kappa shape index (κ1) is 23.9. The van der Waals surface area contributed by atoms with E-state index in [1.165, 1.54) is 7.11 Å². The molecule has 4 rings (SSSR count). The third kappa shape index (κ3) is 5.44. The molecule has 0 amide bonds. The monoisotopic (exact) mass is 480 g/mol. The van der Waals surface area contributed by atoms with Crippen molar-refractivity contribution < 1.29 is 23.8 Å². The molecule has 1 aromatic carbocycles. The van der Waals surface area contributed by atoms with Gasteiger partial charge in [-0.1, -0.05) is 11.8 Å². The third-order valence-electron chi connectivity index (χ3n) is 6.26. The number of halogens is 1. The number of pyridine rings is 1. The van der Waals surface area contributed by atoms with Crippen LogP contribution in [-0.2, 0) is 4.79 Å². The number of ether oxygens (including phenoxy) is 1. The van der Waals surface area contributed by atoms with E-state index in [9.17, 15) is 19.1 Å². The van der Waals surface area contributed by atoms with Crippen LogP contribution in [0.5, 0.6) is 5.75 Å². The van der Waals surface area contributed by atoms with Gasteiger partial charge in [-0.05, 0) is 54.9 Å². The second-order valence-electron chi connectivity index (χ2n) is 8.37. The largest absolute Gasteiger partial charge is 0.497 e. The first-order chi connectivity index (χ1) is 16.5. The van der Waals surface area contributed by atoms with Gasteiger partial charge in [-0.2, -0.15) is 11.3 Å². The van der Waals surface area contributed by atoms with Gasteiger partial charge in [0.2, 0.25) is 0 Å². The van der Waals surface area contributed by atoms with Gasteiger partial charge in [0.05, 0.1) is 36.8 Å². The van der Waals surface area contributed by atoms with E-state index in [4.69, 9.17) is 4.74 Å². The van der Waals surface area contributed by atoms with Crippen LogP contribution in [0.2, 0.25) is 0 Å². The van der Waals surface area contributed by atoms with Crippen LogP contribution >= 0.6 is 11.3 Å². The molecule has 176 valence electrons. The van der Waals surface area contributed by atoms with E-state index in [0.717, 1.165) is 11.8 Å². The second kappa shape index (κ2) is 10.8.